The van der Waals surface area contributed by atoms with Crippen LogP contribution in [-0.2, 0) is 0 Å². The number of hydrogen-bond donors (Lipinski definition) is 2. The molecular weight excluding hydrogens is 180 g/mol. The van der Waals surface area contributed by atoms with E-state index in [2.05, 4.69) is 4.98 Å². The quantitative estimate of drug-likeness (QED) is 0.766. The molecule has 2 aromatic rings. The van der Waals surface area contributed by atoms with Crippen molar-refractivity contribution in [3.05, 3.63) is 30.3 Å². The van der Waals surface area contributed by atoms with Crippen molar-refractivity contribution in [2.75, 3.05) is 6.61 Å². The number of nitrogens with zero attached hydrogens (tertiary/aromatic N) is 1. The third-order valence-corrected chi connectivity index (χ3v) is 2.24. The summed E-state index contributed by atoms with van der Waals surface area (Å²) < 4.78 is 5.31. The van der Waals surface area contributed by atoms with Crippen LogP contribution in [0.25, 0.3) is 11.0 Å². The van der Waals surface area contributed by atoms with Crippen LogP contribution >= 0.6 is 0 Å². The summed E-state index contributed by atoms with van der Waals surface area (Å²) in [6.45, 7) is 0.0775. The van der Waals surface area contributed by atoms with Crippen LogP contribution < -0.4 is 5.73 Å². The van der Waals surface area contributed by atoms with Crippen LogP contribution in [0.2, 0.25) is 0 Å². The molecule has 0 saturated heterocycles. The van der Waals surface area contributed by atoms with E-state index in [1.807, 2.05) is 0 Å². The van der Waals surface area contributed by atoms with Gasteiger partial charge in [0.25, 0.3) is 0 Å². The molecule has 0 radical (unpaired) electrons. The number of hydrogen-bond acceptors (Lipinski definition) is 4. The summed E-state index contributed by atoms with van der Waals surface area (Å²) in [5, 5.41) is 9.71. The lowest BCUT2D eigenvalue weighted by atomic mass is 10.1. The highest BCUT2D eigenvalue weighted by atomic mass is 16.3. The Bertz CT molecular complexity index is 425. The maximum absolute atomic E-state index is 8.78. The van der Waals surface area contributed by atoms with Crippen LogP contribution in [0.3, 0.4) is 0 Å². The molecule has 4 nitrogen and oxygen atoms in total. The molecule has 0 amide bonds. The molecule has 0 aliphatic rings. The van der Waals surface area contributed by atoms with Gasteiger partial charge in [-0.15, -0.1) is 0 Å². The van der Waals surface area contributed by atoms with Gasteiger partial charge in [-0.2, -0.15) is 0 Å². The molecule has 2 rings (SSSR count). The molecule has 2 heterocycles. The third-order valence-electron chi connectivity index (χ3n) is 2.24. The van der Waals surface area contributed by atoms with Crippen molar-refractivity contribution in [2.45, 2.75) is 12.5 Å². The highest BCUT2D eigenvalue weighted by molar-refractivity contribution is 5.80. The predicted molar refractivity (Wildman–Crippen MR) is 52.6 cm³/mol. The minimum Gasteiger partial charge on any atom is -0.464 e. The summed E-state index contributed by atoms with van der Waals surface area (Å²) >= 11 is 0. The first-order valence-electron chi connectivity index (χ1n) is 4.50. The number of rotatable bonds is 3. The standard InChI is InChI=1S/C10H12N2O2/c11-9(2-4-13)8-6-14-10-1-3-12-5-7(8)10/h1,3,5-6,9,13H,2,4,11H2. The van der Waals surface area contributed by atoms with Crippen LogP contribution in [0, 0.1) is 0 Å². The van der Waals surface area contributed by atoms with E-state index in [4.69, 9.17) is 15.3 Å². The van der Waals surface area contributed by atoms with Crippen LogP contribution in [0.4, 0.5) is 0 Å². The van der Waals surface area contributed by atoms with Gasteiger partial charge in [0.05, 0.1) is 6.26 Å². The van der Waals surface area contributed by atoms with Gasteiger partial charge in [0.2, 0.25) is 0 Å². The van der Waals surface area contributed by atoms with Crippen molar-refractivity contribution >= 4 is 11.0 Å². The zero-order valence-corrected chi connectivity index (χ0v) is 7.68. The van der Waals surface area contributed by atoms with Crippen molar-refractivity contribution in [3.8, 4) is 0 Å². The molecule has 3 N–H and O–H groups in total. The molecule has 0 bridgehead atoms. The number of fused-ring (bicyclic) bond motifs is 1. The number of aromatic nitrogens is 1. The van der Waals surface area contributed by atoms with Crippen molar-refractivity contribution in [3.63, 3.8) is 0 Å². The van der Waals surface area contributed by atoms with E-state index < -0.39 is 0 Å². The highest BCUT2D eigenvalue weighted by Gasteiger charge is 2.12. The summed E-state index contributed by atoms with van der Waals surface area (Å²) in [5.74, 6) is 0. The monoisotopic (exact) mass is 192 g/mol. The largest absolute Gasteiger partial charge is 0.464 e. The zero-order chi connectivity index (χ0) is 9.97. The van der Waals surface area contributed by atoms with Crippen molar-refractivity contribution < 1.29 is 9.52 Å². The lowest BCUT2D eigenvalue weighted by molar-refractivity contribution is 0.276. The Kier molecular flexibility index (Phi) is 2.47. The molecule has 0 aliphatic heterocycles. The molecule has 0 spiro atoms. The summed E-state index contributed by atoms with van der Waals surface area (Å²) in [6, 6.07) is 1.61. The molecule has 14 heavy (non-hydrogen) atoms. The third kappa shape index (κ3) is 1.49. The SMILES string of the molecule is NC(CCO)c1coc2ccncc12. The molecule has 0 saturated carbocycles. The second-order valence-electron chi connectivity index (χ2n) is 3.18. The minimum atomic E-state index is -0.189. The van der Waals surface area contributed by atoms with Gasteiger partial charge in [0, 0.05) is 36.0 Å². The molecule has 74 valence electrons. The van der Waals surface area contributed by atoms with Gasteiger partial charge >= 0.3 is 0 Å². The normalized spacial score (nSPS) is 13.3. The van der Waals surface area contributed by atoms with Crippen molar-refractivity contribution in [2.24, 2.45) is 5.73 Å². The Morgan fingerprint density at radius 2 is 2.43 bits per heavy atom. The summed E-state index contributed by atoms with van der Waals surface area (Å²) in [6.07, 6.45) is 5.56. The van der Waals surface area contributed by atoms with Gasteiger partial charge in [-0.25, -0.2) is 0 Å². The van der Waals surface area contributed by atoms with E-state index >= 15 is 0 Å². The Balaban J connectivity index is 2.42. The first-order chi connectivity index (χ1) is 6.83. The Morgan fingerprint density at radius 3 is 3.21 bits per heavy atom. The van der Waals surface area contributed by atoms with Gasteiger partial charge in [0.15, 0.2) is 0 Å². The Labute approximate surface area is 81.4 Å². The predicted octanol–water partition coefficient (Wildman–Crippen LogP) is 1.21. The van der Waals surface area contributed by atoms with Gasteiger partial charge in [-0.1, -0.05) is 0 Å². The van der Waals surface area contributed by atoms with E-state index in [1.165, 1.54) is 0 Å². The van der Waals surface area contributed by atoms with E-state index in [0.717, 1.165) is 16.5 Å². The van der Waals surface area contributed by atoms with Crippen LogP contribution in [0.15, 0.2) is 29.1 Å². The second-order valence-corrected chi connectivity index (χ2v) is 3.18. The fourth-order valence-corrected chi connectivity index (χ4v) is 1.47. The lowest BCUT2D eigenvalue weighted by Crippen LogP contribution is -2.11. The zero-order valence-electron chi connectivity index (χ0n) is 7.68. The van der Waals surface area contributed by atoms with E-state index in [1.54, 1.807) is 24.7 Å². The summed E-state index contributed by atoms with van der Waals surface area (Å²) in [4.78, 5) is 4.01. The Morgan fingerprint density at radius 1 is 1.57 bits per heavy atom. The topological polar surface area (TPSA) is 72.3 Å². The van der Waals surface area contributed by atoms with E-state index in [0.29, 0.717) is 6.42 Å². The minimum absolute atomic E-state index is 0.0775. The van der Waals surface area contributed by atoms with Gasteiger partial charge in [-0.3, -0.25) is 4.98 Å². The van der Waals surface area contributed by atoms with Crippen LogP contribution in [0.1, 0.15) is 18.0 Å². The maximum atomic E-state index is 8.78. The maximum Gasteiger partial charge on any atom is 0.137 e. The molecule has 4 heteroatoms. The van der Waals surface area contributed by atoms with E-state index in [9.17, 15) is 0 Å². The lowest BCUT2D eigenvalue weighted by Gasteiger charge is -2.06. The first-order valence-corrected chi connectivity index (χ1v) is 4.50. The van der Waals surface area contributed by atoms with Crippen LogP contribution in [0.5, 0.6) is 0 Å². The number of pyridine rings is 1. The average Bonchev–Trinajstić information content (AvgIpc) is 2.61. The number of aliphatic hydroxyl groups excluding tert-OH is 1. The summed E-state index contributed by atoms with van der Waals surface area (Å²) in [5.41, 5.74) is 7.55. The fraction of sp³-hybridized carbons (Fsp3) is 0.300. The smallest absolute Gasteiger partial charge is 0.137 e. The molecule has 0 aliphatic carbocycles. The summed E-state index contributed by atoms with van der Waals surface area (Å²) in [7, 11) is 0. The number of aliphatic hydroxyl groups is 1. The molecule has 1 atom stereocenters. The molecule has 2 aromatic heterocycles. The van der Waals surface area contributed by atoms with Gasteiger partial charge in [0.1, 0.15) is 5.58 Å². The first kappa shape index (κ1) is 9.18. The Hall–Kier alpha value is -1.39. The van der Waals surface area contributed by atoms with Crippen molar-refractivity contribution in [1.82, 2.24) is 4.98 Å². The number of nitrogens with two attached hydrogens (primary N) is 1. The second kappa shape index (κ2) is 3.77. The molecular formula is C10H12N2O2. The molecule has 1 unspecified atom stereocenters. The van der Waals surface area contributed by atoms with Gasteiger partial charge in [-0.05, 0) is 12.5 Å². The number of furan rings is 1. The van der Waals surface area contributed by atoms with Crippen LogP contribution in [-0.4, -0.2) is 16.7 Å². The molecule has 0 fully saturated rings. The average molecular weight is 192 g/mol. The van der Waals surface area contributed by atoms with Crippen molar-refractivity contribution in [1.29, 1.82) is 0 Å². The highest BCUT2D eigenvalue weighted by Crippen LogP contribution is 2.25. The molecule has 0 aromatic carbocycles. The van der Waals surface area contributed by atoms with E-state index in [-0.39, 0.29) is 12.6 Å². The fourth-order valence-electron chi connectivity index (χ4n) is 1.47. The van der Waals surface area contributed by atoms with Gasteiger partial charge < -0.3 is 15.3 Å².